The van der Waals surface area contributed by atoms with Crippen molar-refractivity contribution in [1.29, 1.82) is 0 Å². The Morgan fingerprint density at radius 2 is 2.11 bits per heavy atom. The summed E-state index contributed by atoms with van der Waals surface area (Å²) in [6.07, 6.45) is 4.92. The van der Waals surface area contributed by atoms with Crippen LogP contribution in [0.3, 0.4) is 0 Å². The van der Waals surface area contributed by atoms with Gasteiger partial charge in [-0.1, -0.05) is 11.8 Å². The minimum atomic E-state index is -0.122. The molecule has 18 heavy (non-hydrogen) atoms. The van der Waals surface area contributed by atoms with Gasteiger partial charge in [0, 0.05) is 19.0 Å². The molecule has 1 aromatic rings. The highest BCUT2D eigenvalue weighted by Crippen LogP contribution is 2.46. The Kier molecular flexibility index (Phi) is 3.05. The summed E-state index contributed by atoms with van der Waals surface area (Å²) in [4.78, 5) is 11.6. The molecule has 0 spiro atoms. The molecule has 1 atom stereocenters. The van der Waals surface area contributed by atoms with Gasteiger partial charge in [0.1, 0.15) is 5.82 Å². The highest BCUT2D eigenvalue weighted by Gasteiger charge is 2.36. The van der Waals surface area contributed by atoms with Crippen LogP contribution in [-0.2, 0) is 4.79 Å². The van der Waals surface area contributed by atoms with Crippen LogP contribution in [0.4, 0.5) is 0 Å². The first-order valence-corrected chi connectivity index (χ1v) is 7.41. The maximum absolute atomic E-state index is 11.6. The number of rotatable bonds is 5. The van der Waals surface area contributed by atoms with E-state index in [1.165, 1.54) is 37.4 Å². The maximum atomic E-state index is 11.6. The Morgan fingerprint density at radius 1 is 1.39 bits per heavy atom. The Balaban J connectivity index is 1.80. The monoisotopic (exact) mass is 266 g/mol. The lowest BCUT2D eigenvalue weighted by atomic mass is 10.4. The molecule has 0 aromatic carbocycles. The van der Waals surface area contributed by atoms with Gasteiger partial charge >= 0.3 is 0 Å². The van der Waals surface area contributed by atoms with Gasteiger partial charge in [-0.2, -0.15) is 0 Å². The molecule has 6 heteroatoms. The first-order chi connectivity index (χ1) is 8.70. The number of thioether (sulfide) groups is 1. The van der Waals surface area contributed by atoms with E-state index in [1.807, 2.05) is 6.92 Å². The molecule has 1 N–H and O–H groups in total. The number of hydrogen-bond acceptors (Lipinski definition) is 4. The summed E-state index contributed by atoms with van der Waals surface area (Å²) in [5.74, 6) is 1.80. The van der Waals surface area contributed by atoms with Crippen molar-refractivity contribution in [1.82, 2.24) is 20.1 Å². The molecule has 2 aliphatic rings. The number of nitrogens with zero attached hydrogens (tertiary/aromatic N) is 3. The largest absolute Gasteiger partial charge is 0.358 e. The van der Waals surface area contributed by atoms with Crippen molar-refractivity contribution in [3.63, 3.8) is 0 Å². The second kappa shape index (κ2) is 4.57. The molecule has 1 heterocycles. The number of carbonyl (C=O) groups is 1. The molecule has 2 saturated carbocycles. The van der Waals surface area contributed by atoms with Crippen LogP contribution in [0.2, 0.25) is 0 Å². The maximum Gasteiger partial charge on any atom is 0.233 e. The van der Waals surface area contributed by atoms with E-state index in [9.17, 15) is 4.79 Å². The highest BCUT2D eigenvalue weighted by atomic mass is 32.2. The van der Waals surface area contributed by atoms with Crippen LogP contribution in [0.15, 0.2) is 5.16 Å². The van der Waals surface area contributed by atoms with Crippen LogP contribution < -0.4 is 5.32 Å². The van der Waals surface area contributed by atoms with E-state index < -0.39 is 0 Å². The summed E-state index contributed by atoms with van der Waals surface area (Å²) in [6, 6.07) is 0.579. The van der Waals surface area contributed by atoms with E-state index in [2.05, 4.69) is 20.1 Å². The summed E-state index contributed by atoms with van der Waals surface area (Å²) in [5.41, 5.74) is 0. The van der Waals surface area contributed by atoms with Gasteiger partial charge in [0.15, 0.2) is 5.16 Å². The number of hydrogen-bond donors (Lipinski definition) is 1. The van der Waals surface area contributed by atoms with Gasteiger partial charge in [0.25, 0.3) is 0 Å². The van der Waals surface area contributed by atoms with Crippen LogP contribution in [0.5, 0.6) is 0 Å². The molecule has 1 amide bonds. The second-order valence-electron chi connectivity index (χ2n) is 5.09. The van der Waals surface area contributed by atoms with Crippen molar-refractivity contribution >= 4 is 17.7 Å². The molecule has 0 unspecified atom stereocenters. The molecule has 0 radical (unpaired) electrons. The topological polar surface area (TPSA) is 59.8 Å². The molecule has 3 rings (SSSR count). The van der Waals surface area contributed by atoms with Crippen LogP contribution in [0, 0.1) is 0 Å². The molecule has 0 saturated heterocycles. The molecule has 2 fully saturated rings. The molecular weight excluding hydrogens is 248 g/mol. The minimum Gasteiger partial charge on any atom is -0.358 e. The molecular formula is C12H18N4OS. The Hall–Kier alpha value is -1.04. The molecule has 5 nitrogen and oxygen atoms in total. The van der Waals surface area contributed by atoms with Crippen molar-refractivity contribution in [2.24, 2.45) is 0 Å². The predicted octanol–water partition coefficient (Wildman–Crippen LogP) is 1.72. The average molecular weight is 266 g/mol. The van der Waals surface area contributed by atoms with E-state index in [4.69, 9.17) is 0 Å². The molecule has 2 aliphatic carbocycles. The van der Waals surface area contributed by atoms with E-state index in [0.29, 0.717) is 12.0 Å². The predicted molar refractivity (Wildman–Crippen MR) is 69.7 cm³/mol. The first-order valence-electron chi connectivity index (χ1n) is 6.53. The van der Waals surface area contributed by atoms with E-state index >= 15 is 0 Å². The summed E-state index contributed by atoms with van der Waals surface area (Å²) in [6.45, 7) is 1.91. The summed E-state index contributed by atoms with van der Waals surface area (Å²) < 4.78 is 2.28. The van der Waals surface area contributed by atoms with Crippen LogP contribution >= 0.6 is 11.8 Å². The zero-order valence-electron chi connectivity index (χ0n) is 10.7. The third-order valence-corrected chi connectivity index (χ3v) is 4.50. The van der Waals surface area contributed by atoms with Crippen LogP contribution in [0.25, 0.3) is 0 Å². The molecule has 1 aromatic heterocycles. The highest BCUT2D eigenvalue weighted by molar-refractivity contribution is 8.00. The third kappa shape index (κ3) is 2.25. The molecule has 98 valence electrons. The fourth-order valence-corrected chi connectivity index (χ4v) is 3.06. The Morgan fingerprint density at radius 3 is 2.67 bits per heavy atom. The van der Waals surface area contributed by atoms with Crippen molar-refractivity contribution in [3.05, 3.63) is 5.82 Å². The number of amides is 1. The fourth-order valence-electron chi connectivity index (χ4n) is 2.08. The Bertz CT molecular complexity index is 465. The van der Waals surface area contributed by atoms with Crippen LogP contribution in [-0.4, -0.2) is 33.0 Å². The standard InChI is InChI=1S/C12H18N4OS/c1-7(11(17)13-2)18-12-15-14-10(8-3-4-8)16(12)9-5-6-9/h7-9H,3-6H2,1-2H3,(H,13,17)/t7-/m1/s1. The van der Waals surface area contributed by atoms with Crippen LogP contribution in [0.1, 0.15) is 50.4 Å². The van der Waals surface area contributed by atoms with Crippen molar-refractivity contribution in [2.45, 2.75) is 55.0 Å². The lowest BCUT2D eigenvalue weighted by Crippen LogP contribution is -2.27. The lowest BCUT2D eigenvalue weighted by Gasteiger charge is -2.11. The fraction of sp³-hybridized carbons (Fsp3) is 0.750. The zero-order chi connectivity index (χ0) is 12.7. The van der Waals surface area contributed by atoms with Gasteiger partial charge in [-0.05, 0) is 32.6 Å². The number of carbonyl (C=O) groups excluding carboxylic acids is 1. The lowest BCUT2D eigenvalue weighted by molar-refractivity contribution is -0.119. The smallest absolute Gasteiger partial charge is 0.233 e. The Labute approximate surface area is 111 Å². The van der Waals surface area contributed by atoms with E-state index in [-0.39, 0.29) is 11.2 Å². The van der Waals surface area contributed by atoms with Gasteiger partial charge < -0.3 is 9.88 Å². The third-order valence-electron chi connectivity index (χ3n) is 3.44. The van der Waals surface area contributed by atoms with Gasteiger partial charge in [0.2, 0.25) is 5.91 Å². The minimum absolute atomic E-state index is 0.0401. The zero-order valence-corrected chi connectivity index (χ0v) is 11.5. The van der Waals surface area contributed by atoms with E-state index in [1.54, 1.807) is 7.05 Å². The normalized spacial score (nSPS) is 20.8. The summed E-state index contributed by atoms with van der Waals surface area (Å²) in [7, 11) is 1.67. The SMILES string of the molecule is CNC(=O)[C@@H](C)Sc1nnc(C2CC2)n1C1CC1. The number of aromatic nitrogens is 3. The quantitative estimate of drug-likeness (QED) is 0.824. The van der Waals surface area contributed by atoms with E-state index in [0.717, 1.165) is 11.0 Å². The average Bonchev–Trinajstić information content (AvgIpc) is 3.27. The first kappa shape index (κ1) is 12.0. The molecule has 0 aliphatic heterocycles. The summed E-state index contributed by atoms with van der Waals surface area (Å²) in [5, 5.41) is 12.1. The van der Waals surface area contributed by atoms with Crippen molar-refractivity contribution < 1.29 is 4.79 Å². The van der Waals surface area contributed by atoms with Gasteiger partial charge in [-0.15, -0.1) is 10.2 Å². The molecule has 0 bridgehead atoms. The van der Waals surface area contributed by atoms with Crippen molar-refractivity contribution in [2.75, 3.05) is 7.05 Å². The second-order valence-corrected chi connectivity index (χ2v) is 6.40. The van der Waals surface area contributed by atoms with Crippen molar-refractivity contribution in [3.8, 4) is 0 Å². The summed E-state index contributed by atoms with van der Waals surface area (Å²) >= 11 is 1.51. The number of nitrogens with one attached hydrogen (secondary N) is 1. The van der Waals surface area contributed by atoms with Gasteiger partial charge in [-0.3, -0.25) is 4.79 Å². The van der Waals surface area contributed by atoms with Gasteiger partial charge in [-0.25, -0.2) is 0 Å². The van der Waals surface area contributed by atoms with Gasteiger partial charge in [0.05, 0.1) is 5.25 Å².